The molecule has 0 radical (unpaired) electrons. The summed E-state index contributed by atoms with van der Waals surface area (Å²) in [5, 5.41) is 0. The van der Waals surface area contributed by atoms with Crippen LogP contribution in [0.25, 0.3) is 0 Å². The lowest BCUT2D eigenvalue weighted by atomic mass is 10.2. The van der Waals surface area contributed by atoms with Gasteiger partial charge in [-0.3, -0.25) is 4.79 Å². The summed E-state index contributed by atoms with van der Waals surface area (Å²) in [6, 6.07) is 6.74. The molecule has 1 rings (SSSR count). The highest BCUT2D eigenvalue weighted by Crippen LogP contribution is 2.10. The van der Waals surface area contributed by atoms with Gasteiger partial charge in [-0.15, -0.1) is 0 Å². The third-order valence-corrected chi connectivity index (χ3v) is 4.37. The zero-order chi connectivity index (χ0) is 15.2. The van der Waals surface area contributed by atoms with Crippen LogP contribution in [-0.4, -0.2) is 38.9 Å². The lowest BCUT2D eigenvalue weighted by Crippen LogP contribution is -2.37. The van der Waals surface area contributed by atoms with E-state index < -0.39 is 10.0 Å². The average Bonchev–Trinajstić information content (AvgIpc) is 2.37. The number of nitrogens with zero attached hydrogens (tertiary/aromatic N) is 1. The standard InChI is InChI=1S/C14H22N2O3S/c1-4-9-16(13(3)17)10-8-15-20(18,19)14-7-5-6-12(2)11-14/h5-7,11,15H,4,8-10H2,1-3H3. The number of hydrogen-bond acceptors (Lipinski definition) is 3. The molecule has 112 valence electrons. The van der Waals surface area contributed by atoms with Gasteiger partial charge >= 0.3 is 0 Å². The molecule has 6 heteroatoms. The van der Waals surface area contributed by atoms with Gasteiger partial charge in [0.2, 0.25) is 15.9 Å². The first-order valence-electron chi connectivity index (χ1n) is 6.68. The van der Waals surface area contributed by atoms with Crippen LogP contribution in [0, 0.1) is 6.92 Å². The van der Waals surface area contributed by atoms with Gasteiger partial charge in [-0.05, 0) is 31.0 Å². The first-order valence-corrected chi connectivity index (χ1v) is 8.17. The number of nitrogens with one attached hydrogen (secondary N) is 1. The number of rotatable bonds is 7. The van der Waals surface area contributed by atoms with Gasteiger partial charge in [0, 0.05) is 26.6 Å². The van der Waals surface area contributed by atoms with E-state index >= 15 is 0 Å². The first kappa shape index (κ1) is 16.7. The minimum Gasteiger partial charge on any atom is -0.342 e. The van der Waals surface area contributed by atoms with Crippen molar-refractivity contribution in [2.45, 2.75) is 32.1 Å². The molecule has 0 unspecified atom stereocenters. The topological polar surface area (TPSA) is 66.5 Å². The Balaban J connectivity index is 2.62. The predicted octanol–water partition coefficient (Wildman–Crippen LogP) is 1.53. The first-order chi connectivity index (χ1) is 9.36. The minimum absolute atomic E-state index is 0.0402. The highest BCUT2D eigenvalue weighted by Gasteiger charge is 2.14. The van der Waals surface area contributed by atoms with Crippen molar-refractivity contribution in [3.8, 4) is 0 Å². The Hall–Kier alpha value is -1.40. The number of amides is 1. The van der Waals surface area contributed by atoms with E-state index in [1.54, 1.807) is 23.1 Å². The van der Waals surface area contributed by atoms with Gasteiger partial charge in [0.05, 0.1) is 4.90 Å². The molecule has 0 fully saturated rings. The van der Waals surface area contributed by atoms with Crippen molar-refractivity contribution < 1.29 is 13.2 Å². The fourth-order valence-corrected chi connectivity index (χ4v) is 3.00. The van der Waals surface area contributed by atoms with E-state index in [1.807, 2.05) is 19.9 Å². The smallest absolute Gasteiger partial charge is 0.240 e. The quantitative estimate of drug-likeness (QED) is 0.830. The minimum atomic E-state index is -3.51. The van der Waals surface area contributed by atoms with E-state index in [2.05, 4.69) is 4.72 Å². The van der Waals surface area contributed by atoms with Crippen molar-refractivity contribution in [3.05, 3.63) is 29.8 Å². The van der Waals surface area contributed by atoms with Gasteiger partial charge in [0.1, 0.15) is 0 Å². The largest absolute Gasteiger partial charge is 0.342 e. The Morgan fingerprint density at radius 3 is 2.55 bits per heavy atom. The van der Waals surface area contributed by atoms with Gasteiger partial charge in [-0.1, -0.05) is 19.1 Å². The summed E-state index contributed by atoms with van der Waals surface area (Å²) in [5.41, 5.74) is 0.893. The van der Waals surface area contributed by atoms with Crippen LogP contribution in [0.5, 0.6) is 0 Å². The second kappa shape index (κ2) is 7.40. The summed E-state index contributed by atoms with van der Waals surface area (Å²) in [5.74, 6) is -0.0402. The maximum absolute atomic E-state index is 12.1. The number of aryl methyl sites for hydroxylation is 1. The molecule has 1 amide bonds. The Morgan fingerprint density at radius 2 is 2.00 bits per heavy atom. The molecule has 20 heavy (non-hydrogen) atoms. The molecule has 0 saturated carbocycles. The molecule has 0 aromatic heterocycles. The Labute approximate surface area is 121 Å². The lowest BCUT2D eigenvalue weighted by Gasteiger charge is -2.20. The molecule has 0 heterocycles. The maximum atomic E-state index is 12.1. The van der Waals surface area contributed by atoms with E-state index in [1.165, 1.54) is 6.92 Å². The van der Waals surface area contributed by atoms with E-state index in [0.717, 1.165) is 12.0 Å². The van der Waals surface area contributed by atoms with Gasteiger partial charge < -0.3 is 4.90 Å². The van der Waals surface area contributed by atoms with Crippen molar-refractivity contribution in [2.75, 3.05) is 19.6 Å². The van der Waals surface area contributed by atoms with E-state index in [4.69, 9.17) is 0 Å². The third kappa shape index (κ3) is 4.94. The molecule has 0 atom stereocenters. The molecule has 0 spiro atoms. The SMILES string of the molecule is CCCN(CCNS(=O)(=O)c1cccc(C)c1)C(C)=O. The highest BCUT2D eigenvalue weighted by molar-refractivity contribution is 7.89. The van der Waals surface area contributed by atoms with E-state index in [0.29, 0.717) is 13.1 Å². The molecule has 0 bridgehead atoms. The predicted molar refractivity (Wildman–Crippen MR) is 78.9 cm³/mol. The summed E-state index contributed by atoms with van der Waals surface area (Å²) >= 11 is 0. The molecule has 1 N–H and O–H groups in total. The van der Waals surface area contributed by atoms with Gasteiger partial charge in [-0.25, -0.2) is 13.1 Å². The van der Waals surface area contributed by atoms with Crippen molar-refractivity contribution in [1.82, 2.24) is 9.62 Å². The average molecular weight is 298 g/mol. The molecule has 0 aliphatic carbocycles. The van der Waals surface area contributed by atoms with Crippen LogP contribution in [0.4, 0.5) is 0 Å². The molecule has 0 aliphatic heterocycles. The zero-order valence-corrected chi connectivity index (χ0v) is 13.0. The Kier molecular flexibility index (Phi) is 6.16. The summed E-state index contributed by atoms with van der Waals surface area (Å²) in [7, 11) is -3.51. The van der Waals surface area contributed by atoms with Crippen LogP contribution >= 0.6 is 0 Å². The summed E-state index contributed by atoms with van der Waals surface area (Å²) < 4.78 is 26.7. The van der Waals surface area contributed by atoms with Gasteiger partial charge in [0.15, 0.2) is 0 Å². The fraction of sp³-hybridized carbons (Fsp3) is 0.500. The number of carbonyl (C=O) groups excluding carboxylic acids is 1. The van der Waals surface area contributed by atoms with Crippen molar-refractivity contribution >= 4 is 15.9 Å². The molecule has 0 saturated heterocycles. The number of benzene rings is 1. The van der Waals surface area contributed by atoms with Gasteiger partial charge in [-0.2, -0.15) is 0 Å². The molecule has 1 aromatic carbocycles. The summed E-state index contributed by atoms with van der Waals surface area (Å²) in [4.78, 5) is 13.2. The van der Waals surface area contributed by atoms with Crippen LogP contribution in [0.2, 0.25) is 0 Å². The number of carbonyl (C=O) groups is 1. The fourth-order valence-electron chi connectivity index (χ4n) is 1.88. The third-order valence-electron chi connectivity index (χ3n) is 2.91. The van der Waals surface area contributed by atoms with Crippen LogP contribution in [0.1, 0.15) is 25.8 Å². The van der Waals surface area contributed by atoms with Crippen LogP contribution in [0.15, 0.2) is 29.2 Å². The molecule has 0 aliphatic rings. The van der Waals surface area contributed by atoms with E-state index in [9.17, 15) is 13.2 Å². The number of hydrogen-bond donors (Lipinski definition) is 1. The monoisotopic (exact) mass is 298 g/mol. The molecule has 5 nitrogen and oxygen atoms in total. The number of sulfonamides is 1. The molecular weight excluding hydrogens is 276 g/mol. The van der Waals surface area contributed by atoms with Crippen LogP contribution in [0.3, 0.4) is 0 Å². The van der Waals surface area contributed by atoms with Crippen molar-refractivity contribution in [2.24, 2.45) is 0 Å². The highest BCUT2D eigenvalue weighted by atomic mass is 32.2. The van der Waals surface area contributed by atoms with Crippen LogP contribution in [-0.2, 0) is 14.8 Å². The van der Waals surface area contributed by atoms with E-state index in [-0.39, 0.29) is 17.3 Å². The maximum Gasteiger partial charge on any atom is 0.240 e. The lowest BCUT2D eigenvalue weighted by molar-refractivity contribution is -0.128. The normalized spacial score (nSPS) is 11.3. The summed E-state index contributed by atoms with van der Waals surface area (Å²) in [6.45, 7) is 6.56. The van der Waals surface area contributed by atoms with Crippen molar-refractivity contribution in [1.29, 1.82) is 0 Å². The Morgan fingerprint density at radius 1 is 1.30 bits per heavy atom. The van der Waals surface area contributed by atoms with Gasteiger partial charge in [0.25, 0.3) is 0 Å². The second-order valence-corrected chi connectivity index (χ2v) is 6.49. The molecular formula is C14H22N2O3S. The summed E-state index contributed by atoms with van der Waals surface area (Å²) in [6.07, 6.45) is 0.851. The second-order valence-electron chi connectivity index (χ2n) is 4.72. The van der Waals surface area contributed by atoms with Crippen molar-refractivity contribution in [3.63, 3.8) is 0 Å². The molecule has 1 aromatic rings. The zero-order valence-electron chi connectivity index (χ0n) is 12.2. The van der Waals surface area contributed by atoms with Crippen LogP contribution < -0.4 is 4.72 Å². The Bertz CT molecular complexity index is 555.